The molecule has 5 nitrogen and oxygen atoms in total. The number of hydrogen-bond donors (Lipinski definition) is 0. The second kappa shape index (κ2) is 7.68. The van der Waals surface area contributed by atoms with Crippen LogP contribution in [0.4, 0.5) is 11.4 Å². The number of fused-ring (bicyclic) bond motifs is 1. The second-order valence-corrected chi connectivity index (χ2v) is 7.71. The van der Waals surface area contributed by atoms with Crippen LogP contribution in [0, 0.1) is 0 Å². The number of rotatable bonds is 3. The van der Waals surface area contributed by atoms with Gasteiger partial charge in [0.05, 0.1) is 11.1 Å². The summed E-state index contributed by atoms with van der Waals surface area (Å²) in [7, 11) is 3.99. The Morgan fingerprint density at radius 2 is 1.71 bits per heavy atom. The number of aromatic amines is 1. The number of nitrogens with zero attached hydrogens (tertiary/aromatic N) is 3. The maximum Gasteiger partial charge on any atom is 0.253 e. The zero-order chi connectivity index (χ0) is 19.7. The molecule has 144 valence electrons. The lowest BCUT2D eigenvalue weighted by atomic mass is 10.1. The van der Waals surface area contributed by atoms with Crippen LogP contribution in [0.25, 0.3) is 10.9 Å². The molecular weight excluding hydrogens is 372 g/mol. The van der Waals surface area contributed by atoms with E-state index >= 15 is 0 Å². The van der Waals surface area contributed by atoms with Crippen LogP contribution in [-0.2, 0) is 0 Å². The monoisotopic (exact) mass is 395 g/mol. The summed E-state index contributed by atoms with van der Waals surface area (Å²) >= 11 is 6.12. The van der Waals surface area contributed by atoms with E-state index in [0.717, 1.165) is 40.3 Å². The standard InChI is InChI=1S/C22H23ClN4O/c1-25(2)18-6-3-16(4-7-18)22(28)27-13-11-26(12-14-27)21-9-10-24-20-15-17(23)5-8-19(20)21/h3-10,15H,11-14H2,1-2H3/p+1. The third-order valence-electron chi connectivity index (χ3n) is 5.28. The number of carbonyl (C=O) groups is 1. The lowest BCUT2D eigenvalue weighted by Gasteiger charge is -2.36. The van der Waals surface area contributed by atoms with E-state index in [-0.39, 0.29) is 5.91 Å². The molecule has 4 rings (SSSR count). The third kappa shape index (κ3) is 3.62. The number of hydrogen-bond acceptors (Lipinski definition) is 3. The van der Waals surface area contributed by atoms with Gasteiger partial charge in [-0.25, -0.2) is 4.98 Å². The van der Waals surface area contributed by atoms with E-state index in [1.54, 1.807) is 0 Å². The summed E-state index contributed by atoms with van der Waals surface area (Å²) in [4.78, 5) is 22.4. The minimum atomic E-state index is 0.1000. The van der Waals surface area contributed by atoms with E-state index < -0.39 is 0 Å². The molecule has 3 aromatic rings. The first kappa shape index (κ1) is 18.6. The lowest BCUT2D eigenvalue weighted by Crippen LogP contribution is -2.49. The third-order valence-corrected chi connectivity index (χ3v) is 5.51. The zero-order valence-electron chi connectivity index (χ0n) is 16.2. The summed E-state index contributed by atoms with van der Waals surface area (Å²) in [5, 5.41) is 1.86. The zero-order valence-corrected chi connectivity index (χ0v) is 16.9. The van der Waals surface area contributed by atoms with Crippen molar-refractivity contribution in [3.63, 3.8) is 0 Å². The van der Waals surface area contributed by atoms with E-state index in [1.165, 1.54) is 5.69 Å². The van der Waals surface area contributed by atoms with Gasteiger partial charge in [0.1, 0.15) is 0 Å². The molecule has 2 heterocycles. The van der Waals surface area contributed by atoms with Crippen molar-refractivity contribution in [3.05, 3.63) is 65.3 Å². The van der Waals surface area contributed by atoms with E-state index in [4.69, 9.17) is 11.6 Å². The first-order valence-corrected chi connectivity index (χ1v) is 9.82. The van der Waals surface area contributed by atoms with Crippen LogP contribution in [0.15, 0.2) is 54.7 Å². The van der Waals surface area contributed by atoms with Gasteiger partial charge in [-0.15, -0.1) is 0 Å². The van der Waals surface area contributed by atoms with Gasteiger partial charge in [-0.3, -0.25) is 4.79 Å². The minimum absolute atomic E-state index is 0.1000. The highest BCUT2D eigenvalue weighted by Gasteiger charge is 2.24. The number of amides is 1. The van der Waals surface area contributed by atoms with Crippen molar-refractivity contribution < 1.29 is 9.78 Å². The van der Waals surface area contributed by atoms with Crippen LogP contribution >= 0.6 is 11.6 Å². The van der Waals surface area contributed by atoms with Crippen LogP contribution in [0.5, 0.6) is 0 Å². The highest BCUT2D eigenvalue weighted by Crippen LogP contribution is 2.27. The fraction of sp³-hybridized carbons (Fsp3) is 0.273. The summed E-state index contributed by atoms with van der Waals surface area (Å²) in [6, 6.07) is 15.8. The highest BCUT2D eigenvalue weighted by molar-refractivity contribution is 6.31. The van der Waals surface area contributed by atoms with Crippen LogP contribution in [0.2, 0.25) is 5.02 Å². The quantitative estimate of drug-likeness (QED) is 0.683. The Morgan fingerprint density at radius 1 is 1.00 bits per heavy atom. The molecule has 0 saturated carbocycles. The Kier molecular flexibility index (Phi) is 5.09. The number of H-pyrrole nitrogens is 1. The molecule has 28 heavy (non-hydrogen) atoms. The number of pyridine rings is 1. The SMILES string of the molecule is CN(C)c1ccc(C(=O)N2CCN(c3cc[nH+]c4cc(Cl)ccc34)CC2)cc1. The van der Waals surface area contributed by atoms with Crippen molar-refractivity contribution in [2.45, 2.75) is 0 Å². The van der Waals surface area contributed by atoms with E-state index in [9.17, 15) is 4.79 Å². The molecule has 2 aromatic carbocycles. The van der Waals surface area contributed by atoms with Gasteiger partial charge >= 0.3 is 0 Å². The van der Waals surface area contributed by atoms with E-state index in [0.29, 0.717) is 13.1 Å². The van der Waals surface area contributed by atoms with Gasteiger partial charge in [0.15, 0.2) is 6.20 Å². The van der Waals surface area contributed by atoms with E-state index in [2.05, 4.69) is 16.0 Å². The molecule has 6 heteroatoms. The Balaban J connectivity index is 1.47. The number of anilines is 2. The molecule has 0 aliphatic carbocycles. The molecule has 0 atom stereocenters. The Labute approximate surface area is 170 Å². The second-order valence-electron chi connectivity index (χ2n) is 7.27. The summed E-state index contributed by atoms with van der Waals surface area (Å²) in [6.45, 7) is 3.04. The largest absolute Gasteiger partial charge is 0.378 e. The smallest absolute Gasteiger partial charge is 0.253 e. The maximum absolute atomic E-state index is 12.8. The van der Waals surface area contributed by atoms with Crippen molar-refractivity contribution in [3.8, 4) is 0 Å². The molecule has 1 aliphatic heterocycles. The maximum atomic E-state index is 12.8. The van der Waals surface area contributed by atoms with Crippen LogP contribution in [0.3, 0.4) is 0 Å². The fourth-order valence-corrected chi connectivity index (χ4v) is 3.84. The van der Waals surface area contributed by atoms with Crippen LogP contribution in [0.1, 0.15) is 10.4 Å². The van der Waals surface area contributed by atoms with Crippen molar-refractivity contribution in [1.29, 1.82) is 0 Å². The highest BCUT2D eigenvalue weighted by atomic mass is 35.5. The van der Waals surface area contributed by atoms with Crippen molar-refractivity contribution >= 4 is 39.8 Å². The van der Waals surface area contributed by atoms with Gasteiger partial charge in [0.25, 0.3) is 5.91 Å². The topological polar surface area (TPSA) is 40.9 Å². The molecule has 0 bridgehead atoms. The van der Waals surface area contributed by atoms with Crippen molar-refractivity contribution in [1.82, 2.24) is 4.90 Å². The normalized spacial score (nSPS) is 14.4. The average molecular weight is 396 g/mol. The summed E-state index contributed by atoms with van der Waals surface area (Å²) in [6.07, 6.45) is 1.94. The molecule has 1 N–H and O–H groups in total. The summed E-state index contributed by atoms with van der Waals surface area (Å²) in [5.74, 6) is 0.1000. The van der Waals surface area contributed by atoms with Gasteiger partial charge < -0.3 is 14.7 Å². The number of piperazine rings is 1. The molecule has 1 saturated heterocycles. The fourth-order valence-electron chi connectivity index (χ4n) is 3.67. The molecule has 1 aromatic heterocycles. The van der Waals surface area contributed by atoms with Crippen molar-refractivity contribution in [2.75, 3.05) is 50.1 Å². The Hall–Kier alpha value is -2.79. The van der Waals surface area contributed by atoms with Crippen LogP contribution < -0.4 is 14.8 Å². The molecule has 1 fully saturated rings. The first-order chi connectivity index (χ1) is 13.5. The number of nitrogens with one attached hydrogen (secondary N) is 1. The summed E-state index contributed by atoms with van der Waals surface area (Å²) < 4.78 is 0. The van der Waals surface area contributed by atoms with Gasteiger partial charge in [-0.2, -0.15) is 0 Å². The van der Waals surface area contributed by atoms with Crippen LogP contribution in [-0.4, -0.2) is 51.1 Å². The predicted octanol–water partition coefficient (Wildman–Crippen LogP) is 3.34. The first-order valence-electron chi connectivity index (χ1n) is 9.44. The molecule has 0 radical (unpaired) electrons. The van der Waals surface area contributed by atoms with Gasteiger partial charge in [-0.05, 0) is 36.4 Å². The van der Waals surface area contributed by atoms with E-state index in [1.807, 2.05) is 72.6 Å². The van der Waals surface area contributed by atoms with Crippen molar-refractivity contribution in [2.24, 2.45) is 0 Å². The summed E-state index contributed by atoms with van der Waals surface area (Å²) in [5.41, 5.74) is 4.03. The number of aromatic nitrogens is 1. The Bertz CT molecular complexity index is 995. The molecule has 1 amide bonds. The average Bonchev–Trinajstić information content (AvgIpc) is 2.73. The number of halogens is 1. The minimum Gasteiger partial charge on any atom is -0.378 e. The molecule has 0 spiro atoms. The lowest BCUT2D eigenvalue weighted by molar-refractivity contribution is -0.344. The molecule has 1 aliphatic rings. The van der Waals surface area contributed by atoms with Gasteiger partial charge in [0.2, 0.25) is 5.52 Å². The predicted molar refractivity (Wildman–Crippen MR) is 114 cm³/mol. The van der Waals surface area contributed by atoms with Gasteiger partial charge in [-0.1, -0.05) is 11.6 Å². The number of benzene rings is 2. The Morgan fingerprint density at radius 3 is 2.39 bits per heavy atom. The number of carbonyl (C=O) groups excluding carboxylic acids is 1. The van der Waals surface area contributed by atoms with Gasteiger partial charge in [0, 0.05) is 68.7 Å². The molecule has 0 unspecified atom stereocenters. The molecular formula is C22H24ClN4O+.